The lowest BCUT2D eigenvalue weighted by molar-refractivity contribution is 0.0720. The molecular weight excluding hydrogens is 913 g/mol. The molecule has 0 N–H and O–H groups in total. The third-order valence-corrected chi connectivity index (χ3v) is 12.2. The van der Waals surface area contributed by atoms with Crippen LogP contribution in [0.3, 0.4) is 0 Å². The second kappa shape index (κ2) is 25.6. The topological polar surface area (TPSA) is 129 Å². The van der Waals surface area contributed by atoms with Crippen LogP contribution in [0.15, 0.2) is 152 Å². The molecule has 9 nitrogen and oxygen atoms in total. The van der Waals surface area contributed by atoms with E-state index in [4.69, 9.17) is 18.9 Å². The van der Waals surface area contributed by atoms with Crippen molar-refractivity contribution in [3.63, 3.8) is 0 Å². The van der Waals surface area contributed by atoms with Gasteiger partial charge in [-0.05, 0) is 120 Å². The highest BCUT2D eigenvalue weighted by Gasteiger charge is 2.23. The minimum Gasteiger partial charge on any atom is -0.423 e. The summed E-state index contributed by atoms with van der Waals surface area (Å²) in [6.45, 7) is 4.41. The molecule has 7 rings (SSSR count). The summed E-state index contributed by atoms with van der Waals surface area (Å²) in [5.74, 6) is -7.13. The molecule has 7 aromatic rings. The number of rotatable bonds is 22. The van der Waals surface area contributed by atoms with Gasteiger partial charge in [0.25, 0.3) is 0 Å². The first kappa shape index (κ1) is 51.6. The Bertz CT molecular complexity index is 2840. The predicted molar refractivity (Wildman–Crippen MR) is 272 cm³/mol. The van der Waals surface area contributed by atoms with Crippen LogP contribution >= 0.6 is 0 Å². The van der Waals surface area contributed by atoms with Crippen molar-refractivity contribution < 1.29 is 46.9 Å². The van der Waals surface area contributed by atoms with Gasteiger partial charge in [-0.25, -0.2) is 28.0 Å². The molecule has 0 fully saturated rings. The van der Waals surface area contributed by atoms with Crippen LogP contribution in [-0.4, -0.2) is 23.9 Å². The van der Waals surface area contributed by atoms with E-state index < -0.39 is 52.2 Å². The van der Waals surface area contributed by atoms with E-state index in [2.05, 4.69) is 62.4 Å². The second-order valence-corrected chi connectivity index (χ2v) is 17.5. The van der Waals surface area contributed by atoms with Crippen molar-refractivity contribution in [1.29, 1.82) is 5.26 Å². The van der Waals surface area contributed by atoms with Crippen molar-refractivity contribution in [3.05, 3.63) is 202 Å². The van der Waals surface area contributed by atoms with E-state index in [1.54, 1.807) is 54.6 Å². The lowest BCUT2D eigenvalue weighted by Gasteiger charge is -2.12. The Kier molecular flexibility index (Phi) is 18.3. The molecular formula is C61H55F2NO8. The Labute approximate surface area is 419 Å². The SMILES string of the molecule is CCCCCCCc1ccc(-c2ccc(C(=O)Oc3ccc(C(=O)Oc4cccc(OC(=O)c5ccc(OC(=O)c6ccc(-c7ccc(CCCCCCC)cc7)cc6)cc5F)c4C#N)c(F)c3)cc2)cc1. The van der Waals surface area contributed by atoms with E-state index in [-0.39, 0.29) is 34.1 Å². The highest BCUT2D eigenvalue weighted by atomic mass is 19.1. The number of hydrogen-bond acceptors (Lipinski definition) is 9. The van der Waals surface area contributed by atoms with Crippen LogP contribution in [0, 0.1) is 23.0 Å². The van der Waals surface area contributed by atoms with E-state index >= 15 is 8.78 Å². The summed E-state index contributed by atoms with van der Waals surface area (Å²) in [6.07, 6.45) is 14.3. The molecule has 0 aliphatic carbocycles. The molecule has 366 valence electrons. The number of hydrogen-bond donors (Lipinski definition) is 0. The third kappa shape index (κ3) is 14.0. The molecule has 11 heteroatoms. The Hall–Kier alpha value is -8.23. The first-order valence-corrected chi connectivity index (χ1v) is 24.4. The standard InChI is InChI=1S/C61H55F2NO8/c1-3-5-7-9-11-14-41-18-22-43(23-19-41)45-26-30-47(31-27-45)58(65)69-49-34-36-51(54(62)38-49)60(67)71-56-16-13-17-57(53(56)40-64)72-61(68)52-37-35-50(39-55(52)63)70-59(66)48-32-28-46(29-33-48)44-24-20-42(21-25-44)15-12-10-8-6-4-2/h13,16-39H,3-12,14-15H2,1-2H3. The molecule has 72 heavy (non-hydrogen) atoms. The number of carbonyl (C=O) groups excluding carboxylic acids is 4. The molecule has 0 aliphatic heterocycles. The first-order valence-electron chi connectivity index (χ1n) is 24.4. The number of benzene rings is 7. The maximum atomic E-state index is 15.3. The van der Waals surface area contributed by atoms with Gasteiger partial charge in [0.2, 0.25) is 0 Å². The number of unbranched alkanes of at least 4 members (excludes halogenated alkanes) is 8. The number of nitrogens with zero attached hydrogens (tertiary/aromatic N) is 1. The summed E-state index contributed by atoms with van der Waals surface area (Å²) in [7, 11) is 0. The highest BCUT2D eigenvalue weighted by molar-refractivity contribution is 5.95. The molecule has 0 heterocycles. The fourth-order valence-corrected chi connectivity index (χ4v) is 8.07. The van der Waals surface area contributed by atoms with Gasteiger partial charge in [-0.3, -0.25) is 0 Å². The maximum absolute atomic E-state index is 15.3. The van der Waals surface area contributed by atoms with E-state index in [1.807, 2.05) is 0 Å². The molecule has 0 aliphatic rings. The van der Waals surface area contributed by atoms with E-state index in [1.165, 1.54) is 92.8 Å². The van der Waals surface area contributed by atoms with Gasteiger partial charge in [-0.1, -0.05) is 144 Å². The molecule has 0 spiro atoms. The highest BCUT2D eigenvalue weighted by Crippen LogP contribution is 2.31. The van der Waals surface area contributed by atoms with E-state index in [0.29, 0.717) is 0 Å². The van der Waals surface area contributed by atoms with E-state index in [9.17, 15) is 24.4 Å². The summed E-state index contributed by atoms with van der Waals surface area (Å²) in [5, 5.41) is 9.98. The lowest BCUT2D eigenvalue weighted by atomic mass is 10.00. The number of carbonyl (C=O) groups is 4. The van der Waals surface area contributed by atoms with Crippen molar-refractivity contribution in [1.82, 2.24) is 0 Å². The Morgan fingerprint density at radius 3 is 1.14 bits per heavy atom. The lowest BCUT2D eigenvalue weighted by Crippen LogP contribution is -2.15. The van der Waals surface area contributed by atoms with Crippen molar-refractivity contribution in [2.45, 2.75) is 90.9 Å². The molecule has 0 unspecified atom stereocenters. The minimum absolute atomic E-state index is 0.168. The van der Waals surface area contributed by atoms with E-state index in [0.717, 1.165) is 72.2 Å². The quantitative estimate of drug-likeness (QED) is 0.0370. The zero-order chi connectivity index (χ0) is 50.8. The third-order valence-electron chi connectivity index (χ3n) is 12.2. The number of halogens is 2. The molecule has 0 bridgehead atoms. The smallest absolute Gasteiger partial charge is 0.346 e. The summed E-state index contributed by atoms with van der Waals surface area (Å²) >= 11 is 0. The van der Waals surface area contributed by atoms with Gasteiger partial charge in [-0.15, -0.1) is 0 Å². The van der Waals surface area contributed by atoms with Crippen LogP contribution in [0.25, 0.3) is 22.3 Å². The molecule has 0 radical (unpaired) electrons. The van der Waals surface area contributed by atoms with Gasteiger partial charge in [0.05, 0.1) is 22.3 Å². The molecule has 0 atom stereocenters. The largest absolute Gasteiger partial charge is 0.423 e. The monoisotopic (exact) mass is 967 g/mol. The fourth-order valence-electron chi connectivity index (χ4n) is 8.07. The minimum atomic E-state index is -1.21. The molecule has 0 amide bonds. The first-order chi connectivity index (χ1) is 35.0. The molecule has 0 aromatic heterocycles. The summed E-state index contributed by atoms with van der Waals surface area (Å²) in [5.41, 5.74) is 5.35. The number of aryl methyl sites for hydroxylation is 2. The number of esters is 4. The van der Waals surface area contributed by atoms with Gasteiger partial charge < -0.3 is 18.9 Å². The van der Waals surface area contributed by atoms with Gasteiger partial charge in [0.15, 0.2) is 11.5 Å². The average molecular weight is 968 g/mol. The average Bonchev–Trinajstić information content (AvgIpc) is 3.39. The number of nitriles is 1. The van der Waals surface area contributed by atoms with Gasteiger partial charge >= 0.3 is 23.9 Å². The summed E-state index contributed by atoms with van der Waals surface area (Å²) in [4.78, 5) is 52.3. The molecule has 7 aromatic carbocycles. The Balaban J connectivity index is 0.908. The normalized spacial score (nSPS) is 10.8. The van der Waals surface area contributed by atoms with Crippen LogP contribution in [0.4, 0.5) is 8.78 Å². The van der Waals surface area contributed by atoms with Gasteiger partial charge in [0.1, 0.15) is 34.8 Å². The van der Waals surface area contributed by atoms with Crippen molar-refractivity contribution in [2.24, 2.45) is 0 Å². The summed E-state index contributed by atoms with van der Waals surface area (Å²) in [6, 6.07) is 42.2. The Morgan fingerprint density at radius 1 is 0.431 bits per heavy atom. The van der Waals surface area contributed by atoms with Crippen LogP contribution in [-0.2, 0) is 12.8 Å². The zero-order valence-corrected chi connectivity index (χ0v) is 40.4. The molecule has 0 saturated carbocycles. The van der Waals surface area contributed by atoms with Crippen molar-refractivity contribution in [2.75, 3.05) is 0 Å². The maximum Gasteiger partial charge on any atom is 0.346 e. The zero-order valence-electron chi connectivity index (χ0n) is 40.4. The van der Waals surface area contributed by atoms with Crippen molar-refractivity contribution in [3.8, 4) is 51.3 Å². The second-order valence-electron chi connectivity index (χ2n) is 17.5. The van der Waals surface area contributed by atoms with Crippen LogP contribution in [0.2, 0.25) is 0 Å². The molecule has 0 saturated heterocycles. The predicted octanol–water partition coefficient (Wildman–Crippen LogP) is 15.1. The van der Waals surface area contributed by atoms with Crippen molar-refractivity contribution >= 4 is 23.9 Å². The van der Waals surface area contributed by atoms with Gasteiger partial charge in [0, 0.05) is 12.1 Å². The van der Waals surface area contributed by atoms with Crippen LogP contribution in [0.5, 0.6) is 23.0 Å². The summed E-state index contributed by atoms with van der Waals surface area (Å²) < 4.78 is 52.1. The Morgan fingerprint density at radius 2 is 0.792 bits per heavy atom. The fraction of sp³-hybridized carbons (Fsp3) is 0.230. The van der Waals surface area contributed by atoms with Crippen LogP contribution < -0.4 is 18.9 Å². The van der Waals surface area contributed by atoms with Gasteiger partial charge in [-0.2, -0.15) is 5.26 Å². The number of ether oxygens (including phenoxy) is 4. The van der Waals surface area contributed by atoms with Crippen LogP contribution in [0.1, 0.15) is 136 Å².